The Kier molecular flexibility index (Phi) is 7.65. The van der Waals surface area contributed by atoms with E-state index in [1.165, 1.54) is 0 Å². The summed E-state index contributed by atoms with van der Waals surface area (Å²) in [7, 11) is 0. The smallest absolute Gasteiger partial charge is 0.0273 e. The first-order valence-corrected chi connectivity index (χ1v) is 6.24. The number of piperazine rings is 1. The maximum Gasteiger partial charge on any atom is 0.0273 e. The molecular formula is C10H26N6. The standard InChI is InChI=1S/C10H26N6/c11-3-1-5-13-15-7-9-16(10-8-15)14-6-2-4-12/h13-14H,1-12H2. The second-order valence-corrected chi connectivity index (χ2v) is 4.07. The van der Waals surface area contributed by atoms with E-state index >= 15 is 0 Å². The highest BCUT2D eigenvalue weighted by atomic mass is 15.6. The highest BCUT2D eigenvalue weighted by Crippen LogP contribution is 1.95. The Labute approximate surface area is 98.3 Å². The van der Waals surface area contributed by atoms with Crippen molar-refractivity contribution in [3.8, 4) is 0 Å². The lowest BCUT2D eigenvalue weighted by Gasteiger charge is -2.35. The van der Waals surface area contributed by atoms with Crippen LogP contribution in [0.5, 0.6) is 0 Å². The zero-order valence-electron chi connectivity index (χ0n) is 10.1. The molecule has 6 heteroatoms. The number of rotatable bonds is 8. The van der Waals surface area contributed by atoms with Crippen molar-refractivity contribution in [1.29, 1.82) is 0 Å². The van der Waals surface area contributed by atoms with Crippen molar-refractivity contribution in [3.05, 3.63) is 0 Å². The molecule has 1 aliphatic rings. The molecule has 1 saturated heterocycles. The molecule has 0 aromatic heterocycles. The number of nitrogens with one attached hydrogen (secondary N) is 2. The first-order chi connectivity index (χ1) is 7.86. The summed E-state index contributed by atoms with van der Waals surface area (Å²) in [5, 5.41) is 4.55. The lowest BCUT2D eigenvalue weighted by molar-refractivity contribution is 0.0584. The Morgan fingerprint density at radius 1 is 0.750 bits per heavy atom. The largest absolute Gasteiger partial charge is 0.330 e. The molecule has 16 heavy (non-hydrogen) atoms. The van der Waals surface area contributed by atoms with Crippen LogP contribution in [0.4, 0.5) is 0 Å². The van der Waals surface area contributed by atoms with E-state index in [4.69, 9.17) is 11.5 Å². The van der Waals surface area contributed by atoms with Gasteiger partial charge in [-0.25, -0.2) is 10.0 Å². The van der Waals surface area contributed by atoms with Gasteiger partial charge in [-0.2, -0.15) is 0 Å². The first-order valence-electron chi connectivity index (χ1n) is 6.24. The van der Waals surface area contributed by atoms with E-state index in [0.717, 1.165) is 65.2 Å². The molecule has 0 unspecified atom stereocenters. The number of hydrogen-bond acceptors (Lipinski definition) is 6. The van der Waals surface area contributed by atoms with E-state index in [9.17, 15) is 0 Å². The molecular weight excluding hydrogens is 204 g/mol. The molecule has 1 fully saturated rings. The molecule has 1 rings (SSSR count). The fraction of sp³-hybridized carbons (Fsp3) is 1.00. The Bertz CT molecular complexity index is 139. The van der Waals surface area contributed by atoms with Crippen LogP contribution in [0.25, 0.3) is 0 Å². The van der Waals surface area contributed by atoms with E-state index in [0.29, 0.717) is 0 Å². The molecule has 0 aromatic rings. The summed E-state index contributed by atoms with van der Waals surface area (Å²) >= 11 is 0. The molecule has 0 spiro atoms. The molecule has 0 radical (unpaired) electrons. The minimum Gasteiger partial charge on any atom is -0.330 e. The number of nitrogens with two attached hydrogens (primary N) is 2. The van der Waals surface area contributed by atoms with E-state index in [1.807, 2.05) is 0 Å². The van der Waals surface area contributed by atoms with Gasteiger partial charge in [0, 0.05) is 39.3 Å². The second-order valence-electron chi connectivity index (χ2n) is 4.07. The van der Waals surface area contributed by atoms with Crippen molar-refractivity contribution in [1.82, 2.24) is 20.9 Å². The van der Waals surface area contributed by atoms with Gasteiger partial charge in [0.25, 0.3) is 0 Å². The summed E-state index contributed by atoms with van der Waals surface area (Å²) in [4.78, 5) is 0. The topological polar surface area (TPSA) is 82.6 Å². The first kappa shape index (κ1) is 13.8. The van der Waals surface area contributed by atoms with Gasteiger partial charge in [0.1, 0.15) is 0 Å². The van der Waals surface area contributed by atoms with Gasteiger partial charge < -0.3 is 11.5 Å². The second kappa shape index (κ2) is 8.86. The highest BCUT2D eigenvalue weighted by Gasteiger charge is 2.15. The predicted molar refractivity (Wildman–Crippen MR) is 66.5 cm³/mol. The average molecular weight is 230 g/mol. The van der Waals surface area contributed by atoms with Gasteiger partial charge in [-0.05, 0) is 25.9 Å². The molecule has 0 atom stereocenters. The molecule has 0 bridgehead atoms. The Morgan fingerprint density at radius 3 is 1.44 bits per heavy atom. The summed E-state index contributed by atoms with van der Waals surface area (Å²) < 4.78 is 0. The van der Waals surface area contributed by atoms with Crippen LogP contribution in [0.2, 0.25) is 0 Å². The van der Waals surface area contributed by atoms with Gasteiger partial charge in [-0.1, -0.05) is 0 Å². The maximum atomic E-state index is 5.45. The summed E-state index contributed by atoms with van der Waals surface area (Å²) in [5.41, 5.74) is 17.7. The van der Waals surface area contributed by atoms with Crippen LogP contribution < -0.4 is 22.3 Å². The van der Waals surface area contributed by atoms with E-state index in [2.05, 4.69) is 20.9 Å². The molecule has 0 aliphatic carbocycles. The maximum absolute atomic E-state index is 5.45. The number of hydrogen-bond donors (Lipinski definition) is 4. The SMILES string of the molecule is NCCCNN1CCN(NCCCN)CC1. The minimum absolute atomic E-state index is 0.758. The third kappa shape index (κ3) is 5.74. The third-order valence-electron chi connectivity index (χ3n) is 2.71. The van der Waals surface area contributed by atoms with Crippen LogP contribution >= 0.6 is 0 Å². The summed E-state index contributed by atoms with van der Waals surface area (Å²) in [6.07, 6.45) is 2.07. The van der Waals surface area contributed by atoms with E-state index in [-0.39, 0.29) is 0 Å². The molecule has 0 amide bonds. The summed E-state index contributed by atoms with van der Waals surface area (Å²) in [6, 6.07) is 0. The molecule has 0 saturated carbocycles. The van der Waals surface area contributed by atoms with Crippen LogP contribution in [-0.2, 0) is 0 Å². The van der Waals surface area contributed by atoms with Crippen LogP contribution in [0.15, 0.2) is 0 Å². The van der Waals surface area contributed by atoms with Crippen molar-refractivity contribution in [2.24, 2.45) is 11.5 Å². The van der Waals surface area contributed by atoms with Gasteiger partial charge in [0.2, 0.25) is 0 Å². The van der Waals surface area contributed by atoms with Gasteiger partial charge in [-0.3, -0.25) is 10.9 Å². The minimum atomic E-state index is 0.758. The molecule has 1 aliphatic heterocycles. The normalized spacial score (nSPS) is 19.1. The van der Waals surface area contributed by atoms with Gasteiger partial charge >= 0.3 is 0 Å². The van der Waals surface area contributed by atoms with Crippen molar-refractivity contribution in [2.45, 2.75) is 12.8 Å². The quantitative estimate of drug-likeness (QED) is 0.373. The van der Waals surface area contributed by atoms with Crippen LogP contribution in [0.3, 0.4) is 0 Å². The van der Waals surface area contributed by atoms with Gasteiger partial charge in [-0.15, -0.1) is 0 Å². The van der Waals surface area contributed by atoms with Crippen LogP contribution in [-0.4, -0.2) is 62.4 Å². The van der Waals surface area contributed by atoms with Crippen molar-refractivity contribution in [2.75, 3.05) is 52.4 Å². The number of nitrogens with zero attached hydrogens (tertiary/aromatic N) is 2. The van der Waals surface area contributed by atoms with Crippen molar-refractivity contribution >= 4 is 0 Å². The molecule has 6 N–H and O–H groups in total. The Hall–Kier alpha value is -0.240. The lowest BCUT2D eigenvalue weighted by atomic mass is 10.4. The van der Waals surface area contributed by atoms with E-state index in [1.54, 1.807) is 0 Å². The molecule has 96 valence electrons. The third-order valence-corrected chi connectivity index (χ3v) is 2.71. The fourth-order valence-electron chi connectivity index (χ4n) is 1.70. The van der Waals surface area contributed by atoms with E-state index < -0.39 is 0 Å². The zero-order valence-corrected chi connectivity index (χ0v) is 10.1. The van der Waals surface area contributed by atoms with Crippen LogP contribution in [0, 0.1) is 0 Å². The van der Waals surface area contributed by atoms with Gasteiger partial charge in [0.15, 0.2) is 0 Å². The Morgan fingerprint density at radius 2 is 1.12 bits per heavy atom. The zero-order chi connectivity index (χ0) is 11.6. The lowest BCUT2D eigenvalue weighted by Crippen LogP contribution is -2.56. The monoisotopic (exact) mass is 230 g/mol. The summed E-state index contributed by atoms with van der Waals surface area (Å²) in [5.74, 6) is 0. The van der Waals surface area contributed by atoms with Crippen molar-refractivity contribution < 1.29 is 0 Å². The highest BCUT2D eigenvalue weighted by molar-refractivity contribution is 4.66. The molecule has 6 nitrogen and oxygen atoms in total. The average Bonchev–Trinajstić information content (AvgIpc) is 2.32. The fourth-order valence-corrected chi connectivity index (χ4v) is 1.70. The predicted octanol–water partition coefficient (Wildman–Crippen LogP) is -1.69. The Balaban J connectivity index is 2.00. The molecule has 1 heterocycles. The number of hydrazine groups is 2. The van der Waals surface area contributed by atoms with Crippen LogP contribution in [0.1, 0.15) is 12.8 Å². The molecule has 0 aromatic carbocycles. The summed E-state index contributed by atoms with van der Waals surface area (Å²) in [6.45, 7) is 7.70. The van der Waals surface area contributed by atoms with Gasteiger partial charge in [0.05, 0.1) is 0 Å². The van der Waals surface area contributed by atoms with Crippen molar-refractivity contribution in [3.63, 3.8) is 0 Å².